The van der Waals surface area contributed by atoms with Crippen LogP contribution in [0.5, 0.6) is 0 Å². The van der Waals surface area contributed by atoms with Crippen LogP contribution in [0, 0.1) is 3.57 Å². The molecule has 4 atom stereocenters. The van der Waals surface area contributed by atoms with Crippen LogP contribution in [-0.2, 0) is 9.47 Å². The zero-order valence-corrected chi connectivity index (χ0v) is 13.3. The lowest BCUT2D eigenvalue weighted by molar-refractivity contribution is -0.0578. The number of rotatable bonds is 3. The number of hydrogen-bond acceptors (Lipinski definition) is 7. The summed E-state index contributed by atoms with van der Waals surface area (Å²) in [6.07, 6.45) is -0.317. The number of nitrogens with zero attached hydrogens (tertiary/aromatic N) is 3. The van der Waals surface area contributed by atoms with E-state index in [1.165, 1.54) is 13.4 Å². The van der Waals surface area contributed by atoms with Gasteiger partial charge in [0.05, 0.1) is 12.0 Å². The van der Waals surface area contributed by atoms with Gasteiger partial charge >= 0.3 is 0 Å². The van der Waals surface area contributed by atoms with Gasteiger partial charge in [-0.2, -0.15) is 0 Å². The first-order valence-corrected chi connectivity index (χ1v) is 7.39. The number of aliphatic hydroxyl groups excluding tert-OH is 2. The molecule has 0 bridgehead atoms. The third kappa shape index (κ3) is 2.38. The van der Waals surface area contributed by atoms with Crippen LogP contribution in [0.15, 0.2) is 12.5 Å². The summed E-state index contributed by atoms with van der Waals surface area (Å²) in [6.45, 7) is 0.197. The molecule has 8 nitrogen and oxygen atoms in total. The topological polar surface area (TPSA) is 116 Å². The summed E-state index contributed by atoms with van der Waals surface area (Å²) in [7, 11) is 1.51. The van der Waals surface area contributed by atoms with E-state index in [1.807, 2.05) is 0 Å². The second-order valence-electron chi connectivity index (χ2n) is 4.84. The molecule has 1 aliphatic heterocycles. The molecule has 3 rings (SSSR count). The SMILES string of the molecule is COC[C@H]1O[C@@H](n2cc(I)c3c(N)ncnc32)[C@@H](O)[C@H]1O. The lowest BCUT2D eigenvalue weighted by Gasteiger charge is -2.17. The maximum atomic E-state index is 10.2. The number of hydrogen-bond donors (Lipinski definition) is 3. The minimum absolute atomic E-state index is 0.197. The Hall–Kier alpha value is -1.01. The van der Waals surface area contributed by atoms with Crippen LogP contribution >= 0.6 is 22.6 Å². The smallest absolute Gasteiger partial charge is 0.164 e. The Morgan fingerprint density at radius 3 is 2.90 bits per heavy atom. The summed E-state index contributed by atoms with van der Waals surface area (Å²) in [6, 6.07) is 0. The quantitative estimate of drug-likeness (QED) is 0.609. The number of halogens is 1. The molecule has 1 saturated heterocycles. The Kier molecular flexibility index (Phi) is 4.01. The van der Waals surface area contributed by atoms with E-state index in [4.69, 9.17) is 15.2 Å². The van der Waals surface area contributed by atoms with E-state index in [2.05, 4.69) is 32.6 Å². The Bertz CT molecular complexity index is 664. The highest BCUT2D eigenvalue weighted by Crippen LogP contribution is 2.34. The maximum Gasteiger partial charge on any atom is 0.164 e. The summed E-state index contributed by atoms with van der Waals surface area (Å²) < 4.78 is 13.2. The molecule has 9 heteroatoms. The number of methoxy groups -OCH3 is 1. The van der Waals surface area contributed by atoms with Gasteiger partial charge in [-0.15, -0.1) is 0 Å². The molecule has 0 saturated carbocycles. The summed E-state index contributed by atoms with van der Waals surface area (Å²) >= 11 is 2.12. The molecule has 0 aliphatic carbocycles. The van der Waals surface area contributed by atoms with Gasteiger partial charge in [-0.05, 0) is 22.6 Å². The zero-order chi connectivity index (χ0) is 15.1. The van der Waals surface area contributed by atoms with Crippen molar-refractivity contribution < 1.29 is 19.7 Å². The van der Waals surface area contributed by atoms with E-state index < -0.39 is 24.5 Å². The van der Waals surface area contributed by atoms with Crippen molar-refractivity contribution in [2.75, 3.05) is 19.5 Å². The highest BCUT2D eigenvalue weighted by molar-refractivity contribution is 14.1. The molecule has 2 aromatic rings. The summed E-state index contributed by atoms with van der Waals surface area (Å²) in [5.74, 6) is 0.365. The van der Waals surface area contributed by atoms with Gasteiger partial charge < -0.3 is 30.0 Å². The van der Waals surface area contributed by atoms with Crippen LogP contribution in [0.4, 0.5) is 5.82 Å². The monoisotopic (exact) mass is 406 g/mol. The average Bonchev–Trinajstić information content (AvgIpc) is 2.93. The minimum atomic E-state index is -1.08. The summed E-state index contributed by atoms with van der Waals surface area (Å²) in [4.78, 5) is 8.16. The van der Waals surface area contributed by atoms with Crippen molar-refractivity contribution >= 4 is 39.4 Å². The second kappa shape index (κ2) is 5.65. The fourth-order valence-electron chi connectivity index (χ4n) is 2.52. The minimum Gasteiger partial charge on any atom is -0.387 e. The molecule has 114 valence electrons. The Morgan fingerprint density at radius 2 is 2.19 bits per heavy atom. The highest BCUT2D eigenvalue weighted by Gasteiger charge is 2.44. The van der Waals surface area contributed by atoms with Gasteiger partial charge in [0.1, 0.15) is 36.1 Å². The van der Waals surface area contributed by atoms with E-state index >= 15 is 0 Å². The molecular formula is C12H15IN4O4. The molecule has 0 aromatic carbocycles. The van der Waals surface area contributed by atoms with Crippen molar-refractivity contribution in [1.82, 2.24) is 14.5 Å². The van der Waals surface area contributed by atoms with Gasteiger partial charge in [0.2, 0.25) is 0 Å². The Labute approximate surface area is 134 Å². The standard InChI is InChI=1S/C12H15IN4O4/c1-20-3-6-8(18)9(19)12(21-6)17-2-5(13)7-10(14)15-4-16-11(7)17/h2,4,6,8-9,12,18-19H,3H2,1H3,(H2,14,15,16)/t6-,8+,9+,12-/m1/s1. The van der Waals surface area contributed by atoms with Crippen molar-refractivity contribution in [3.8, 4) is 0 Å². The van der Waals surface area contributed by atoms with Gasteiger partial charge in [-0.25, -0.2) is 9.97 Å². The molecule has 3 heterocycles. The van der Waals surface area contributed by atoms with Crippen molar-refractivity contribution in [2.24, 2.45) is 0 Å². The predicted molar refractivity (Wildman–Crippen MR) is 82.5 cm³/mol. The number of nitrogen functional groups attached to an aromatic ring is 1. The molecule has 1 fully saturated rings. The first-order chi connectivity index (χ1) is 10.0. The normalized spacial score (nSPS) is 29.3. The fraction of sp³-hybridized carbons (Fsp3) is 0.500. The summed E-state index contributed by atoms with van der Waals surface area (Å²) in [5, 5.41) is 21.0. The van der Waals surface area contributed by atoms with Crippen LogP contribution in [0.25, 0.3) is 11.0 Å². The number of nitrogens with two attached hydrogens (primary N) is 1. The molecule has 0 amide bonds. The molecule has 1 aliphatic rings. The first kappa shape index (κ1) is 14.9. The van der Waals surface area contributed by atoms with E-state index in [0.29, 0.717) is 16.9 Å². The molecule has 0 spiro atoms. The first-order valence-electron chi connectivity index (χ1n) is 6.31. The lowest BCUT2D eigenvalue weighted by Crippen LogP contribution is -2.33. The second-order valence-corrected chi connectivity index (χ2v) is 6.01. The number of anilines is 1. The highest BCUT2D eigenvalue weighted by atomic mass is 127. The van der Waals surface area contributed by atoms with Crippen molar-refractivity contribution in [3.05, 3.63) is 16.1 Å². The van der Waals surface area contributed by atoms with Gasteiger partial charge in [0, 0.05) is 16.9 Å². The number of fused-ring (bicyclic) bond motifs is 1. The van der Waals surface area contributed by atoms with Crippen LogP contribution in [0.2, 0.25) is 0 Å². The van der Waals surface area contributed by atoms with Gasteiger partial charge in [-0.3, -0.25) is 0 Å². The molecule has 0 unspecified atom stereocenters. The number of aliphatic hydroxyl groups is 2. The van der Waals surface area contributed by atoms with Gasteiger partial charge in [0.25, 0.3) is 0 Å². The fourth-order valence-corrected chi connectivity index (χ4v) is 3.33. The average molecular weight is 406 g/mol. The maximum absolute atomic E-state index is 10.2. The number of aromatic nitrogens is 3. The van der Waals surface area contributed by atoms with E-state index in [0.717, 1.165) is 3.57 Å². The third-order valence-corrected chi connectivity index (χ3v) is 4.35. The van der Waals surface area contributed by atoms with Crippen LogP contribution in [0.1, 0.15) is 6.23 Å². The van der Waals surface area contributed by atoms with Gasteiger partial charge in [-0.1, -0.05) is 0 Å². The van der Waals surface area contributed by atoms with Crippen molar-refractivity contribution in [1.29, 1.82) is 0 Å². The Balaban J connectivity index is 2.03. The van der Waals surface area contributed by atoms with E-state index in [-0.39, 0.29) is 6.61 Å². The Morgan fingerprint density at radius 1 is 1.43 bits per heavy atom. The van der Waals surface area contributed by atoms with Crippen molar-refractivity contribution in [3.63, 3.8) is 0 Å². The van der Waals surface area contributed by atoms with Gasteiger partial charge in [0.15, 0.2) is 6.23 Å². The number of ether oxygens (including phenoxy) is 2. The summed E-state index contributed by atoms with van der Waals surface area (Å²) in [5.41, 5.74) is 6.42. The molecule has 4 N–H and O–H groups in total. The molecule has 0 radical (unpaired) electrons. The molecule has 2 aromatic heterocycles. The molecular weight excluding hydrogens is 391 g/mol. The van der Waals surface area contributed by atoms with Crippen LogP contribution in [0.3, 0.4) is 0 Å². The van der Waals surface area contributed by atoms with E-state index in [9.17, 15) is 10.2 Å². The van der Waals surface area contributed by atoms with Crippen LogP contribution in [-0.4, -0.2) is 56.8 Å². The third-order valence-electron chi connectivity index (χ3n) is 3.53. The lowest BCUT2D eigenvalue weighted by atomic mass is 10.1. The zero-order valence-electron chi connectivity index (χ0n) is 11.2. The molecule has 21 heavy (non-hydrogen) atoms. The van der Waals surface area contributed by atoms with Crippen molar-refractivity contribution in [2.45, 2.75) is 24.5 Å². The van der Waals surface area contributed by atoms with E-state index in [1.54, 1.807) is 10.8 Å². The van der Waals surface area contributed by atoms with Crippen LogP contribution < -0.4 is 5.73 Å². The predicted octanol–water partition coefficient (Wildman–Crippen LogP) is -0.116. The largest absolute Gasteiger partial charge is 0.387 e.